The largest absolute Gasteiger partial charge is 1.00 e. The van der Waals surface area contributed by atoms with Crippen LogP contribution in [-0.2, 0) is 4.79 Å². The Morgan fingerprint density at radius 2 is 0.590 bits per heavy atom. The molecular formula is C34H68Li2O3. The van der Waals surface area contributed by atoms with Gasteiger partial charge in [0, 0.05) is 5.97 Å². The standard InChI is InChI=1S/C18H36O2.C16H33O.2Li/c1-2-3-4-5-6-7-8-9-10-11-12-13-14-15-16-17-18(19)20;1-2-3-4-5-6-7-8-9-10-11-12-13-14-15-16-17;;/h2-17H2,1H3,(H,19,20);2-16H2,1H3;;/q;-1;2*+1/p-1. The maximum absolute atomic E-state index is 10.2. The van der Waals surface area contributed by atoms with Crippen molar-refractivity contribution in [3.8, 4) is 0 Å². The maximum atomic E-state index is 10.2. The van der Waals surface area contributed by atoms with E-state index in [1.807, 2.05) is 0 Å². The minimum atomic E-state index is -0.903. The zero-order chi connectivity index (χ0) is 27.5. The van der Waals surface area contributed by atoms with Crippen LogP contribution in [0.2, 0.25) is 0 Å². The van der Waals surface area contributed by atoms with Gasteiger partial charge < -0.3 is 15.0 Å². The first-order valence-electron chi connectivity index (χ1n) is 17.0. The summed E-state index contributed by atoms with van der Waals surface area (Å²) in [5.74, 6) is -0.903. The molecular weight excluding hydrogens is 470 g/mol. The number of hydrogen-bond donors (Lipinski definition) is 0. The summed E-state index contributed by atoms with van der Waals surface area (Å²) in [5, 5.41) is 20.5. The van der Waals surface area contributed by atoms with Gasteiger partial charge in [-0.05, 0) is 12.8 Å². The number of carboxylic acid groups (broad SMARTS) is 1. The molecule has 0 fully saturated rings. The zero-order valence-corrected chi connectivity index (χ0v) is 27.6. The average molecular weight is 539 g/mol. The van der Waals surface area contributed by atoms with Crippen LogP contribution >= 0.6 is 0 Å². The minimum absolute atomic E-state index is 0. The fraction of sp³-hybridized carbons (Fsp3) is 0.971. The fourth-order valence-corrected chi connectivity index (χ4v) is 4.94. The van der Waals surface area contributed by atoms with E-state index in [1.54, 1.807) is 0 Å². The van der Waals surface area contributed by atoms with Gasteiger partial charge in [-0.25, -0.2) is 0 Å². The molecule has 0 heterocycles. The Balaban J connectivity index is -0.000000302. The van der Waals surface area contributed by atoms with E-state index in [4.69, 9.17) is 0 Å². The molecule has 0 aliphatic heterocycles. The smallest absolute Gasteiger partial charge is 0.854 e. The third-order valence-corrected chi connectivity index (χ3v) is 7.48. The summed E-state index contributed by atoms with van der Waals surface area (Å²) in [4.78, 5) is 10.2. The van der Waals surface area contributed by atoms with E-state index in [0.717, 1.165) is 25.7 Å². The van der Waals surface area contributed by atoms with Gasteiger partial charge in [-0.2, -0.15) is 0 Å². The van der Waals surface area contributed by atoms with Gasteiger partial charge in [-0.3, -0.25) is 0 Å². The van der Waals surface area contributed by atoms with E-state index in [-0.39, 0.29) is 50.7 Å². The molecule has 0 saturated carbocycles. The first kappa shape index (κ1) is 46.6. The summed E-state index contributed by atoms with van der Waals surface area (Å²) < 4.78 is 0. The van der Waals surface area contributed by atoms with Gasteiger partial charge in [0.2, 0.25) is 0 Å². The predicted octanol–water partition coefficient (Wildman–Crippen LogP) is 3.83. The first-order chi connectivity index (χ1) is 18.2. The van der Waals surface area contributed by atoms with E-state index in [2.05, 4.69) is 13.8 Å². The van der Waals surface area contributed by atoms with Crippen molar-refractivity contribution < 1.29 is 52.7 Å². The minimum Gasteiger partial charge on any atom is -0.854 e. The second-order valence-electron chi connectivity index (χ2n) is 11.4. The van der Waals surface area contributed by atoms with Gasteiger partial charge in [0.15, 0.2) is 0 Å². The molecule has 0 rings (SSSR count). The fourth-order valence-electron chi connectivity index (χ4n) is 4.94. The van der Waals surface area contributed by atoms with Crippen molar-refractivity contribution in [2.75, 3.05) is 6.61 Å². The number of rotatable bonds is 30. The summed E-state index contributed by atoms with van der Waals surface area (Å²) in [6.45, 7) is 4.67. The van der Waals surface area contributed by atoms with Crippen molar-refractivity contribution in [1.82, 2.24) is 0 Å². The van der Waals surface area contributed by atoms with Crippen molar-refractivity contribution in [3.63, 3.8) is 0 Å². The molecule has 0 aliphatic carbocycles. The van der Waals surface area contributed by atoms with Crippen LogP contribution in [0.25, 0.3) is 0 Å². The van der Waals surface area contributed by atoms with Gasteiger partial charge in [-0.1, -0.05) is 194 Å². The molecule has 0 aromatic carbocycles. The van der Waals surface area contributed by atoms with E-state index in [0.29, 0.717) is 0 Å². The molecule has 0 saturated heterocycles. The molecule has 0 aromatic rings. The topological polar surface area (TPSA) is 63.2 Å². The number of carbonyl (C=O) groups is 1. The summed E-state index contributed by atoms with van der Waals surface area (Å²) in [6.07, 6.45) is 38.7. The summed E-state index contributed by atoms with van der Waals surface area (Å²) in [5.41, 5.74) is 0. The number of unbranched alkanes of at least 4 members (excludes halogenated alkanes) is 27. The summed E-state index contributed by atoms with van der Waals surface area (Å²) in [7, 11) is 0. The molecule has 39 heavy (non-hydrogen) atoms. The van der Waals surface area contributed by atoms with Gasteiger partial charge in [0.05, 0.1) is 0 Å². The number of carbonyl (C=O) groups excluding carboxylic acids is 1. The second-order valence-corrected chi connectivity index (χ2v) is 11.4. The summed E-state index contributed by atoms with van der Waals surface area (Å²) >= 11 is 0. The van der Waals surface area contributed by atoms with Gasteiger partial charge in [0.25, 0.3) is 0 Å². The SMILES string of the molecule is CCCCCCCCCCCCCCCCCC(=O)[O-].CCCCCCCCCCCCCCCC[O-].[Li+].[Li+]. The van der Waals surface area contributed by atoms with Crippen molar-refractivity contribution >= 4 is 5.97 Å². The Kier molecular flexibility index (Phi) is 54.5. The molecule has 3 nitrogen and oxygen atoms in total. The molecule has 0 aliphatic rings. The molecule has 0 N–H and O–H groups in total. The Morgan fingerprint density at radius 3 is 0.795 bits per heavy atom. The Morgan fingerprint density at radius 1 is 0.385 bits per heavy atom. The van der Waals surface area contributed by atoms with Crippen LogP contribution < -0.4 is 47.9 Å². The van der Waals surface area contributed by atoms with E-state index < -0.39 is 5.97 Å². The van der Waals surface area contributed by atoms with Crippen LogP contribution in [0.15, 0.2) is 0 Å². The normalized spacial score (nSPS) is 10.3. The Bertz CT molecular complexity index is 394. The predicted molar refractivity (Wildman–Crippen MR) is 160 cm³/mol. The molecule has 0 amide bonds. The molecule has 0 bridgehead atoms. The van der Waals surface area contributed by atoms with Crippen LogP contribution in [0.1, 0.15) is 206 Å². The summed E-state index contributed by atoms with van der Waals surface area (Å²) in [6, 6.07) is 0. The van der Waals surface area contributed by atoms with Gasteiger partial charge >= 0.3 is 37.7 Å². The molecule has 0 aromatic heterocycles. The average Bonchev–Trinajstić information content (AvgIpc) is 2.89. The molecule has 0 unspecified atom stereocenters. The van der Waals surface area contributed by atoms with Gasteiger partial charge in [0.1, 0.15) is 0 Å². The molecule has 0 radical (unpaired) electrons. The van der Waals surface area contributed by atoms with E-state index >= 15 is 0 Å². The van der Waals surface area contributed by atoms with Crippen molar-refractivity contribution in [1.29, 1.82) is 0 Å². The van der Waals surface area contributed by atoms with Crippen LogP contribution in [0, 0.1) is 0 Å². The number of aliphatic carboxylic acids is 1. The van der Waals surface area contributed by atoms with Crippen LogP contribution in [0.5, 0.6) is 0 Å². The third-order valence-electron chi connectivity index (χ3n) is 7.48. The second kappa shape index (κ2) is 45.6. The quantitative estimate of drug-likeness (QED) is 0.103. The Labute approximate surface area is 270 Å². The van der Waals surface area contributed by atoms with E-state index in [1.165, 1.54) is 161 Å². The first-order valence-corrected chi connectivity index (χ1v) is 17.0. The maximum Gasteiger partial charge on any atom is 1.00 e. The third kappa shape index (κ3) is 51.8. The zero-order valence-electron chi connectivity index (χ0n) is 27.6. The molecule has 224 valence electrons. The number of hydrogen-bond acceptors (Lipinski definition) is 3. The van der Waals surface area contributed by atoms with Crippen LogP contribution in [0.4, 0.5) is 0 Å². The molecule has 0 atom stereocenters. The van der Waals surface area contributed by atoms with Crippen molar-refractivity contribution in [2.45, 2.75) is 206 Å². The van der Waals surface area contributed by atoms with Crippen LogP contribution in [0.3, 0.4) is 0 Å². The van der Waals surface area contributed by atoms with Crippen molar-refractivity contribution in [3.05, 3.63) is 0 Å². The van der Waals surface area contributed by atoms with Gasteiger partial charge in [-0.15, -0.1) is 6.61 Å². The molecule has 5 heteroatoms. The van der Waals surface area contributed by atoms with Crippen molar-refractivity contribution in [2.24, 2.45) is 0 Å². The van der Waals surface area contributed by atoms with E-state index in [9.17, 15) is 15.0 Å². The monoisotopic (exact) mass is 539 g/mol. The number of carboxylic acids is 1. The Hall–Kier alpha value is 0.625. The van der Waals surface area contributed by atoms with Crippen LogP contribution in [-0.4, -0.2) is 12.6 Å². The molecule has 0 spiro atoms.